The van der Waals surface area contributed by atoms with Gasteiger partial charge in [0.25, 0.3) is 5.91 Å². The molecule has 0 bridgehead atoms. The van der Waals surface area contributed by atoms with E-state index in [2.05, 4.69) is 0 Å². The van der Waals surface area contributed by atoms with E-state index in [1.807, 2.05) is 16.3 Å². The lowest BCUT2D eigenvalue weighted by Crippen LogP contribution is -2.34. The van der Waals surface area contributed by atoms with Gasteiger partial charge in [0.05, 0.1) is 7.11 Å². The number of methoxy groups -OCH3 is 1. The van der Waals surface area contributed by atoms with Gasteiger partial charge in [-0.15, -0.1) is 22.9 Å². The molecule has 0 saturated heterocycles. The molecule has 1 saturated carbocycles. The molecule has 16 heavy (non-hydrogen) atoms. The monoisotopic (exact) mass is 259 g/mol. The number of thiophene rings is 1. The van der Waals surface area contributed by atoms with Crippen LogP contribution in [0.1, 0.15) is 22.5 Å². The van der Waals surface area contributed by atoms with Gasteiger partial charge in [0.1, 0.15) is 10.6 Å². The van der Waals surface area contributed by atoms with Crippen molar-refractivity contribution < 1.29 is 9.53 Å². The largest absolute Gasteiger partial charge is 0.495 e. The lowest BCUT2D eigenvalue weighted by molar-refractivity contribution is 0.0755. The normalized spacial score (nSPS) is 14.9. The van der Waals surface area contributed by atoms with Crippen LogP contribution < -0.4 is 4.74 Å². The molecule has 1 aromatic heterocycles. The molecule has 0 radical (unpaired) electrons. The van der Waals surface area contributed by atoms with Crippen LogP contribution in [0.25, 0.3) is 0 Å². The van der Waals surface area contributed by atoms with E-state index in [0.717, 1.165) is 12.8 Å². The minimum atomic E-state index is 0.0509. The van der Waals surface area contributed by atoms with Crippen LogP contribution in [0.15, 0.2) is 11.4 Å². The van der Waals surface area contributed by atoms with Crippen molar-refractivity contribution >= 4 is 28.8 Å². The number of nitrogens with zero attached hydrogens (tertiary/aromatic N) is 1. The predicted octanol–water partition coefficient (Wildman–Crippen LogP) is 2.60. The molecule has 1 amide bonds. The molecule has 0 aliphatic heterocycles. The molecule has 88 valence electrons. The average molecular weight is 260 g/mol. The van der Waals surface area contributed by atoms with Crippen LogP contribution in [0.3, 0.4) is 0 Å². The third-order valence-electron chi connectivity index (χ3n) is 2.62. The fraction of sp³-hybridized carbons (Fsp3) is 0.545. The molecule has 5 heteroatoms. The Bertz CT molecular complexity index is 376. The Kier molecular flexibility index (Phi) is 3.71. The minimum absolute atomic E-state index is 0.0509. The van der Waals surface area contributed by atoms with Gasteiger partial charge in [0, 0.05) is 18.5 Å². The van der Waals surface area contributed by atoms with Gasteiger partial charge in [-0.05, 0) is 24.3 Å². The van der Waals surface area contributed by atoms with Crippen LogP contribution in [-0.4, -0.2) is 36.4 Å². The Morgan fingerprint density at radius 1 is 1.69 bits per heavy atom. The van der Waals surface area contributed by atoms with E-state index in [0.29, 0.717) is 29.1 Å². The first kappa shape index (κ1) is 11.7. The maximum Gasteiger partial charge on any atom is 0.268 e. The van der Waals surface area contributed by atoms with Crippen LogP contribution in [-0.2, 0) is 0 Å². The van der Waals surface area contributed by atoms with Crippen LogP contribution in [0.2, 0.25) is 0 Å². The number of hydrogen-bond acceptors (Lipinski definition) is 3. The maximum atomic E-state index is 12.3. The summed E-state index contributed by atoms with van der Waals surface area (Å²) in [7, 11) is 1.59. The summed E-state index contributed by atoms with van der Waals surface area (Å²) in [5.41, 5.74) is 0. The predicted molar refractivity (Wildman–Crippen MR) is 65.6 cm³/mol. The number of carbonyl (C=O) groups excluding carboxylic acids is 1. The third-order valence-corrected chi connectivity index (χ3v) is 3.67. The summed E-state index contributed by atoms with van der Waals surface area (Å²) < 4.78 is 5.16. The van der Waals surface area contributed by atoms with E-state index in [-0.39, 0.29) is 5.91 Å². The zero-order valence-corrected chi connectivity index (χ0v) is 10.7. The highest BCUT2D eigenvalue weighted by Gasteiger charge is 2.34. The molecule has 0 atom stereocenters. The van der Waals surface area contributed by atoms with Gasteiger partial charge in [-0.25, -0.2) is 0 Å². The summed E-state index contributed by atoms with van der Waals surface area (Å²) in [4.78, 5) is 14.8. The highest BCUT2D eigenvalue weighted by atomic mass is 35.5. The van der Waals surface area contributed by atoms with E-state index < -0.39 is 0 Å². The van der Waals surface area contributed by atoms with Crippen LogP contribution in [0, 0.1) is 0 Å². The van der Waals surface area contributed by atoms with Gasteiger partial charge in [0.15, 0.2) is 0 Å². The second-order valence-electron chi connectivity index (χ2n) is 3.74. The molecule has 3 nitrogen and oxygen atoms in total. The zero-order chi connectivity index (χ0) is 11.5. The Morgan fingerprint density at radius 3 is 3.00 bits per heavy atom. The highest BCUT2D eigenvalue weighted by molar-refractivity contribution is 7.12. The molecule has 0 unspecified atom stereocenters. The van der Waals surface area contributed by atoms with Gasteiger partial charge >= 0.3 is 0 Å². The summed E-state index contributed by atoms with van der Waals surface area (Å²) in [6.45, 7) is 0.617. The third kappa shape index (κ3) is 2.33. The van der Waals surface area contributed by atoms with Gasteiger partial charge in [-0.1, -0.05) is 0 Å². The van der Waals surface area contributed by atoms with Gasteiger partial charge in [-0.2, -0.15) is 0 Å². The van der Waals surface area contributed by atoms with E-state index in [1.165, 1.54) is 11.3 Å². The van der Waals surface area contributed by atoms with Crippen molar-refractivity contribution in [3.8, 4) is 5.75 Å². The number of amides is 1. The second kappa shape index (κ2) is 5.06. The molecule has 1 aliphatic rings. The molecule has 1 fully saturated rings. The lowest BCUT2D eigenvalue weighted by atomic mass is 10.3. The smallest absolute Gasteiger partial charge is 0.268 e. The van der Waals surface area contributed by atoms with Crippen molar-refractivity contribution in [1.29, 1.82) is 0 Å². The Hall–Kier alpha value is -0.740. The SMILES string of the molecule is COc1ccsc1C(=O)N(CCCl)C1CC1. The van der Waals surface area contributed by atoms with Crippen LogP contribution in [0.5, 0.6) is 5.75 Å². The summed E-state index contributed by atoms with van der Waals surface area (Å²) in [6.07, 6.45) is 2.19. The molecule has 0 N–H and O–H groups in total. The number of carbonyl (C=O) groups is 1. The lowest BCUT2D eigenvalue weighted by Gasteiger charge is -2.20. The van der Waals surface area contributed by atoms with Crippen molar-refractivity contribution in [2.24, 2.45) is 0 Å². The second-order valence-corrected chi connectivity index (χ2v) is 5.03. The summed E-state index contributed by atoms with van der Waals surface area (Å²) in [5, 5.41) is 1.87. The van der Waals surface area contributed by atoms with Crippen LogP contribution >= 0.6 is 22.9 Å². The Balaban J connectivity index is 2.15. The highest BCUT2D eigenvalue weighted by Crippen LogP contribution is 2.32. The first-order chi connectivity index (χ1) is 7.77. The molecule has 1 aliphatic carbocycles. The molecule has 1 aromatic rings. The van der Waals surface area contributed by atoms with Crippen molar-refractivity contribution in [2.75, 3.05) is 19.5 Å². The number of halogens is 1. The number of alkyl halides is 1. The Morgan fingerprint density at radius 2 is 2.44 bits per heavy atom. The molecular formula is C11H14ClNO2S. The topological polar surface area (TPSA) is 29.5 Å². The summed E-state index contributed by atoms with van der Waals surface area (Å²) in [5.74, 6) is 1.20. The van der Waals surface area contributed by atoms with Gasteiger partial charge in [0.2, 0.25) is 0 Å². The minimum Gasteiger partial charge on any atom is -0.495 e. The van der Waals surface area contributed by atoms with Crippen molar-refractivity contribution in [1.82, 2.24) is 4.90 Å². The molecular weight excluding hydrogens is 246 g/mol. The van der Waals surface area contributed by atoms with Crippen molar-refractivity contribution in [2.45, 2.75) is 18.9 Å². The van der Waals surface area contributed by atoms with Gasteiger partial charge < -0.3 is 9.64 Å². The summed E-state index contributed by atoms with van der Waals surface area (Å²) >= 11 is 7.15. The fourth-order valence-electron chi connectivity index (χ4n) is 1.67. The van der Waals surface area contributed by atoms with E-state index >= 15 is 0 Å². The number of hydrogen-bond donors (Lipinski definition) is 0. The molecule has 0 aromatic carbocycles. The zero-order valence-electron chi connectivity index (χ0n) is 9.11. The van der Waals surface area contributed by atoms with E-state index in [9.17, 15) is 4.79 Å². The molecule has 1 heterocycles. The van der Waals surface area contributed by atoms with Gasteiger partial charge in [-0.3, -0.25) is 4.79 Å². The number of rotatable bonds is 5. The number of ether oxygens (including phenoxy) is 1. The Labute approximate surface area is 104 Å². The standard InChI is InChI=1S/C11H14ClNO2S/c1-15-9-4-7-16-10(9)11(14)13(6-5-12)8-2-3-8/h4,7-8H,2-3,5-6H2,1H3. The first-order valence-electron chi connectivity index (χ1n) is 5.26. The fourth-order valence-corrected chi connectivity index (χ4v) is 2.67. The first-order valence-corrected chi connectivity index (χ1v) is 6.67. The van der Waals surface area contributed by atoms with Crippen molar-refractivity contribution in [3.05, 3.63) is 16.3 Å². The van der Waals surface area contributed by atoms with Crippen LogP contribution in [0.4, 0.5) is 0 Å². The summed E-state index contributed by atoms with van der Waals surface area (Å²) in [6, 6.07) is 2.21. The van der Waals surface area contributed by atoms with Crippen molar-refractivity contribution in [3.63, 3.8) is 0 Å². The quantitative estimate of drug-likeness (QED) is 0.761. The van der Waals surface area contributed by atoms with E-state index in [1.54, 1.807) is 7.11 Å². The molecule has 0 spiro atoms. The average Bonchev–Trinajstić information content (AvgIpc) is 3.01. The maximum absolute atomic E-state index is 12.3. The molecule has 2 rings (SSSR count). The van der Waals surface area contributed by atoms with E-state index in [4.69, 9.17) is 16.3 Å².